The second-order valence-electron chi connectivity index (χ2n) is 4.96. The molecule has 0 saturated carbocycles. The highest BCUT2D eigenvalue weighted by atomic mass is 16.3. The minimum absolute atomic E-state index is 0.0275. The molecule has 0 radical (unpaired) electrons. The number of hydrogen-bond donors (Lipinski definition) is 3. The third-order valence-corrected chi connectivity index (χ3v) is 3.59. The molecule has 1 aliphatic rings. The van der Waals surface area contributed by atoms with Gasteiger partial charge >= 0.3 is 0 Å². The number of likely N-dealkylation sites (tertiary alicyclic amines) is 1. The van der Waals surface area contributed by atoms with Crippen LogP contribution in [0.3, 0.4) is 0 Å². The minimum Gasteiger partial charge on any atom is -0.508 e. The standard InChI is InChI=1S/C13H21N3O/c1-16-7-5-13(10-14,6-8-16)15-11-3-2-4-12(17)9-11/h2-4,9,15,17H,5-8,10,14H2,1H3. The zero-order chi connectivity index (χ0) is 12.3. The molecule has 17 heavy (non-hydrogen) atoms. The Bertz CT molecular complexity index is 373. The summed E-state index contributed by atoms with van der Waals surface area (Å²) < 4.78 is 0. The lowest BCUT2D eigenvalue weighted by Gasteiger charge is -2.41. The van der Waals surface area contributed by atoms with Crippen LogP contribution < -0.4 is 11.1 Å². The molecule has 4 nitrogen and oxygen atoms in total. The number of hydrogen-bond acceptors (Lipinski definition) is 4. The van der Waals surface area contributed by atoms with Crippen molar-refractivity contribution in [3.05, 3.63) is 24.3 Å². The number of aromatic hydroxyl groups is 1. The van der Waals surface area contributed by atoms with E-state index >= 15 is 0 Å². The summed E-state index contributed by atoms with van der Waals surface area (Å²) in [4.78, 5) is 2.32. The maximum atomic E-state index is 9.46. The lowest BCUT2D eigenvalue weighted by atomic mass is 9.87. The molecule has 0 spiro atoms. The van der Waals surface area contributed by atoms with Crippen molar-refractivity contribution >= 4 is 5.69 Å². The van der Waals surface area contributed by atoms with Gasteiger partial charge in [-0.3, -0.25) is 0 Å². The van der Waals surface area contributed by atoms with E-state index in [1.807, 2.05) is 12.1 Å². The molecule has 1 heterocycles. The molecule has 2 rings (SSSR count). The summed E-state index contributed by atoms with van der Waals surface area (Å²) in [6.07, 6.45) is 2.07. The summed E-state index contributed by atoms with van der Waals surface area (Å²) in [5.41, 5.74) is 6.84. The Hall–Kier alpha value is -1.26. The Morgan fingerprint density at radius 1 is 1.41 bits per heavy atom. The van der Waals surface area contributed by atoms with Gasteiger partial charge in [-0.15, -0.1) is 0 Å². The molecule has 1 aromatic carbocycles. The van der Waals surface area contributed by atoms with Crippen molar-refractivity contribution in [2.75, 3.05) is 32.0 Å². The van der Waals surface area contributed by atoms with E-state index < -0.39 is 0 Å². The van der Waals surface area contributed by atoms with Gasteiger partial charge in [0.05, 0.1) is 5.54 Å². The molecule has 1 saturated heterocycles. The molecule has 0 amide bonds. The minimum atomic E-state index is -0.0275. The van der Waals surface area contributed by atoms with Gasteiger partial charge in [0.1, 0.15) is 5.75 Å². The number of phenolic OH excluding ortho intramolecular Hbond substituents is 1. The van der Waals surface area contributed by atoms with E-state index in [1.54, 1.807) is 12.1 Å². The third-order valence-electron chi connectivity index (χ3n) is 3.59. The molecular weight excluding hydrogens is 214 g/mol. The van der Waals surface area contributed by atoms with E-state index in [9.17, 15) is 5.11 Å². The number of nitrogens with one attached hydrogen (secondary N) is 1. The first kappa shape index (κ1) is 12.2. The van der Waals surface area contributed by atoms with Crippen molar-refractivity contribution < 1.29 is 5.11 Å². The van der Waals surface area contributed by atoms with Gasteiger partial charge in [-0.1, -0.05) is 6.07 Å². The summed E-state index contributed by atoms with van der Waals surface area (Å²) in [5, 5.41) is 13.0. The van der Waals surface area contributed by atoms with Crippen LogP contribution in [0.4, 0.5) is 5.69 Å². The van der Waals surface area contributed by atoms with E-state index in [0.717, 1.165) is 31.6 Å². The number of nitrogens with zero attached hydrogens (tertiary/aromatic N) is 1. The summed E-state index contributed by atoms with van der Waals surface area (Å²) in [5.74, 6) is 0.287. The summed E-state index contributed by atoms with van der Waals surface area (Å²) in [6.45, 7) is 2.74. The van der Waals surface area contributed by atoms with Gasteiger partial charge in [-0.2, -0.15) is 0 Å². The van der Waals surface area contributed by atoms with Crippen LogP contribution in [0.2, 0.25) is 0 Å². The fraction of sp³-hybridized carbons (Fsp3) is 0.538. The zero-order valence-electron chi connectivity index (χ0n) is 10.3. The number of benzene rings is 1. The molecule has 1 fully saturated rings. The lowest BCUT2D eigenvalue weighted by molar-refractivity contribution is 0.209. The smallest absolute Gasteiger partial charge is 0.117 e. The largest absolute Gasteiger partial charge is 0.508 e. The van der Waals surface area contributed by atoms with Crippen molar-refractivity contribution in [1.29, 1.82) is 0 Å². The van der Waals surface area contributed by atoms with Gasteiger partial charge in [-0.25, -0.2) is 0 Å². The number of piperidine rings is 1. The zero-order valence-corrected chi connectivity index (χ0v) is 10.3. The van der Waals surface area contributed by atoms with Crippen LogP contribution in [0.15, 0.2) is 24.3 Å². The van der Waals surface area contributed by atoms with Crippen LogP contribution in [-0.2, 0) is 0 Å². The first-order valence-corrected chi connectivity index (χ1v) is 6.09. The molecule has 94 valence electrons. The normalized spacial score (nSPS) is 20.1. The molecule has 4 N–H and O–H groups in total. The average Bonchev–Trinajstić information content (AvgIpc) is 2.33. The highest BCUT2D eigenvalue weighted by Gasteiger charge is 2.32. The molecule has 0 aliphatic carbocycles. The first-order chi connectivity index (χ1) is 8.13. The number of anilines is 1. The maximum absolute atomic E-state index is 9.46. The SMILES string of the molecule is CN1CCC(CN)(Nc2cccc(O)c2)CC1. The predicted molar refractivity (Wildman–Crippen MR) is 70.2 cm³/mol. The van der Waals surface area contributed by atoms with Gasteiger partial charge in [0.25, 0.3) is 0 Å². The second-order valence-corrected chi connectivity index (χ2v) is 4.96. The number of nitrogens with two attached hydrogens (primary N) is 1. The highest BCUT2D eigenvalue weighted by molar-refractivity contribution is 5.50. The third kappa shape index (κ3) is 2.90. The fourth-order valence-electron chi connectivity index (χ4n) is 2.32. The molecule has 0 aromatic heterocycles. The Kier molecular flexibility index (Phi) is 3.54. The monoisotopic (exact) mass is 235 g/mol. The van der Waals surface area contributed by atoms with Gasteiger partial charge in [0, 0.05) is 31.4 Å². The average molecular weight is 235 g/mol. The molecule has 4 heteroatoms. The van der Waals surface area contributed by atoms with Crippen LogP contribution in [0.5, 0.6) is 5.75 Å². The van der Waals surface area contributed by atoms with Crippen LogP contribution >= 0.6 is 0 Å². The van der Waals surface area contributed by atoms with Crippen molar-refractivity contribution in [2.45, 2.75) is 18.4 Å². The quantitative estimate of drug-likeness (QED) is 0.737. The van der Waals surface area contributed by atoms with E-state index in [-0.39, 0.29) is 11.3 Å². The first-order valence-electron chi connectivity index (χ1n) is 6.09. The fourth-order valence-corrected chi connectivity index (χ4v) is 2.32. The molecule has 1 aliphatic heterocycles. The second kappa shape index (κ2) is 4.94. The number of phenols is 1. The Morgan fingerprint density at radius 2 is 2.12 bits per heavy atom. The van der Waals surface area contributed by atoms with E-state index in [2.05, 4.69) is 17.3 Å². The Balaban J connectivity index is 2.09. The summed E-state index contributed by atoms with van der Waals surface area (Å²) >= 11 is 0. The molecule has 0 unspecified atom stereocenters. The van der Waals surface area contributed by atoms with Gasteiger partial charge in [0.15, 0.2) is 0 Å². The van der Waals surface area contributed by atoms with E-state index in [4.69, 9.17) is 5.73 Å². The van der Waals surface area contributed by atoms with E-state index in [0.29, 0.717) is 6.54 Å². The molecular formula is C13H21N3O. The van der Waals surface area contributed by atoms with Crippen LogP contribution in [-0.4, -0.2) is 42.2 Å². The van der Waals surface area contributed by atoms with Crippen molar-refractivity contribution in [1.82, 2.24) is 4.90 Å². The summed E-state index contributed by atoms with van der Waals surface area (Å²) in [6, 6.07) is 7.23. The van der Waals surface area contributed by atoms with E-state index in [1.165, 1.54) is 0 Å². The Morgan fingerprint density at radius 3 is 2.71 bits per heavy atom. The number of rotatable bonds is 3. The molecule has 0 atom stereocenters. The maximum Gasteiger partial charge on any atom is 0.117 e. The summed E-state index contributed by atoms with van der Waals surface area (Å²) in [7, 11) is 2.13. The molecule has 0 bridgehead atoms. The van der Waals surface area contributed by atoms with Crippen molar-refractivity contribution in [3.8, 4) is 5.75 Å². The predicted octanol–water partition coefficient (Wildman–Crippen LogP) is 1.23. The Labute approximate surface area is 102 Å². The van der Waals surface area contributed by atoms with Crippen molar-refractivity contribution in [2.24, 2.45) is 5.73 Å². The highest BCUT2D eigenvalue weighted by Crippen LogP contribution is 2.27. The van der Waals surface area contributed by atoms with Crippen LogP contribution in [0.25, 0.3) is 0 Å². The van der Waals surface area contributed by atoms with Crippen LogP contribution in [0, 0.1) is 0 Å². The van der Waals surface area contributed by atoms with Gasteiger partial charge in [-0.05, 0) is 32.0 Å². The van der Waals surface area contributed by atoms with Crippen molar-refractivity contribution in [3.63, 3.8) is 0 Å². The molecule has 1 aromatic rings. The van der Waals surface area contributed by atoms with Gasteiger partial charge < -0.3 is 21.1 Å². The topological polar surface area (TPSA) is 61.5 Å². The van der Waals surface area contributed by atoms with Crippen LogP contribution in [0.1, 0.15) is 12.8 Å². The van der Waals surface area contributed by atoms with Gasteiger partial charge in [0.2, 0.25) is 0 Å². The lowest BCUT2D eigenvalue weighted by Crippen LogP contribution is -2.52.